The van der Waals surface area contributed by atoms with E-state index in [9.17, 15) is 26.4 Å². The Morgan fingerprint density at radius 1 is 1.05 bits per heavy atom. The van der Waals surface area contributed by atoms with Gasteiger partial charge in [0.25, 0.3) is 0 Å². The Morgan fingerprint density at radius 3 is 2.35 bits per heavy atom. The predicted octanol–water partition coefficient (Wildman–Crippen LogP) is 5.31. The first-order valence-corrected chi connectivity index (χ1v) is 15.1. The fraction of sp³-hybridized carbons (Fsp3) is 0.414. The molecular weight excluding hydrogens is 541 g/mol. The number of nitrogens with zero attached hydrogens (tertiary/aromatic N) is 4. The molecule has 2 aliphatic rings. The summed E-state index contributed by atoms with van der Waals surface area (Å²) in [5.74, 6) is -5.13. The summed E-state index contributed by atoms with van der Waals surface area (Å²) in [5.41, 5.74) is 3.39. The van der Waals surface area contributed by atoms with Gasteiger partial charge in [-0.3, -0.25) is 4.79 Å². The normalized spacial score (nSPS) is 22.0. The third-order valence-corrected chi connectivity index (χ3v) is 9.40. The fourth-order valence-electron chi connectivity index (χ4n) is 5.60. The quantitative estimate of drug-likeness (QED) is 0.382. The zero-order valence-electron chi connectivity index (χ0n) is 21.8. The Kier molecular flexibility index (Phi) is 7.73. The molecule has 0 radical (unpaired) electrons. The molecule has 2 unspecified atom stereocenters. The molecule has 1 saturated carbocycles. The maximum Gasteiger partial charge on any atom is 0.248 e. The van der Waals surface area contributed by atoms with Crippen LogP contribution in [0.15, 0.2) is 54.7 Å². The molecule has 1 aromatic heterocycles. The van der Waals surface area contributed by atoms with Crippen LogP contribution in [0.2, 0.25) is 0 Å². The van der Waals surface area contributed by atoms with Crippen molar-refractivity contribution >= 4 is 21.3 Å². The van der Waals surface area contributed by atoms with Gasteiger partial charge < -0.3 is 4.90 Å². The number of Topliss-reactive ketones (excluding diaryl/α,β-unsaturated/α-hetero) is 1. The van der Waals surface area contributed by atoms with E-state index in [-0.39, 0.29) is 43.0 Å². The molecule has 210 valence electrons. The molecule has 40 heavy (non-hydrogen) atoms. The third kappa shape index (κ3) is 6.07. The van der Waals surface area contributed by atoms with E-state index >= 15 is 0 Å². The van der Waals surface area contributed by atoms with Crippen LogP contribution in [0.5, 0.6) is 0 Å². The largest absolute Gasteiger partial charge is 0.369 e. The van der Waals surface area contributed by atoms with Crippen molar-refractivity contribution in [1.82, 2.24) is 9.78 Å². The van der Waals surface area contributed by atoms with Gasteiger partial charge in [0.2, 0.25) is 5.92 Å². The number of aromatic nitrogens is 2. The van der Waals surface area contributed by atoms with Crippen molar-refractivity contribution in [2.75, 3.05) is 29.5 Å². The van der Waals surface area contributed by atoms with Crippen LogP contribution in [0.3, 0.4) is 0 Å². The average Bonchev–Trinajstić information content (AvgIpc) is 3.37. The summed E-state index contributed by atoms with van der Waals surface area (Å²) >= 11 is 0. The molecule has 0 N–H and O–H groups in total. The van der Waals surface area contributed by atoms with Crippen molar-refractivity contribution in [2.24, 2.45) is 5.92 Å². The molecule has 11 heteroatoms. The average molecular weight is 571 g/mol. The molecule has 7 nitrogen and oxygen atoms in total. The second kappa shape index (κ2) is 11.1. The SMILES string of the molecule is N#CCCC(=O)C1CC(F)(F)CCC1c1nn(-c2ccc(F)cc2)cc1-c1ccc(N2CCS(=O)(=O)CC2)cc1. The van der Waals surface area contributed by atoms with Gasteiger partial charge in [-0.2, -0.15) is 10.4 Å². The lowest BCUT2D eigenvalue weighted by molar-refractivity contribution is -0.131. The number of nitriles is 1. The van der Waals surface area contributed by atoms with Crippen LogP contribution in [-0.4, -0.2) is 54.5 Å². The molecule has 3 aromatic rings. The van der Waals surface area contributed by atoms with E-state index in [1.807, 2.05) is 35.2 Å². The first-order valence-electron chi connectivity index (χ1n) is 13.2. The van der Waals surface area contributed by atoms with Crippen LogP contribution in [-0.2, 0) is 14.6 Å². The number of alkyl halides is 2. The molecule has 1 aliphatic carbocycles. The summed E-state index contributed by atoms with van der Waals surface area (Å²) in [6.07, 6.45) is 0.713. The molecule has 2 heterocycles. The van der Waals surface area contributed by atoms with Gasteiger partial charge in [0.15, 0.2) is 9.84 Å². The highest BCUT2D eigenvalue weighted by Crippen LogP contribution is 2.47. The third-order valence-electron chi connectivity index (χ3n) is 7.80. The van der Waals surface area contributed by atoms with Gasteiger partial charge >= 0.3 is 0 Å². The van der Waals surface area contributed by atoms with Gasteiger partial charge in [-0.1, -0.05) is 12.1 Å². The zero-order chi connectivity index (χ0) is 28.5. The summed E-state index contributed by atoms with van der Waals surface area (Å²) in [5, 5.41) is 13.7. The second-order valence-electron chi connectivity index (χ2n) is 10.5. The summed E-state index contributed by atoms with van der Waals surface area (Å²) in [7, 11) is -3.02. The van der Waals surface area contributed by atoms with Crippen molar-refractivity contribution in [3.63, 3.8) is 0 Å². The van der Waals surface area contributed by atoms with Crippen LogP contribution >= 0.6 is 0 Å². The van der Waals surface area contributed by atoms with E-state index in [0.29, 0.717) is 30.0 Å². The molecule has 0 spiro atoms. The minimum atomic E-state index is -3.02. The van der Waals surface area contributed by atoms with E-state index in [2.05, 4.69) is 0 Å². The van der Waals surface area contributed by atoms with Crippen LogP contribution in [0.1, 0.15) is 43.7 Å². The Balaban J connectivity index is 1.53. The van der Waals surface area contributed by atoms with Crippen LogP contribution < -0.4 is 4.90 Å². The Bertz CT molecular complexity index is 1520. The lowest BCUT2D eigenvalue weighted by Gasteiger charge is -2.35. The molecule has 2 fully saturated rings. The second-order valence-corrected chi connectivity index (χ2v) is 12.8. The zero-order valence-corrected chi connectivity index (χ0v) is 22.6. The topological polar surface area (TPSA) is 96.1 Å². The van der Waals surface area contributed by atoms with Crippen molar-refractivity contribution in [2.45, 2.75) is 43.9 Å². The standard InChI is InChI=1S/C29H29F3N4O3S/c30-21-5-9-23(10-6-21)36-19-26(20-3-7-22(8-4-20)35-14-16-40(38,39)17-15-35)28(34-36)24-11-12-29(31,32)18-25(24)27(37)2-1-13-33/h3-10,19,24-25H,1-2,11-12,14-18H2. The Morgan fingerprint density at radius 2 is 1.70 bits per heavy atom. The van der Waals surface area contributed by atoms with Crippen molar-refractivity contribution in [3.8, 4) is 22.9 Å². The van der Waals surface area contributed by atoms with Crippen LogP contribution in [0.4, 0.5) is 18.9 Å². The lowest BCUT2D eigenvalue weighted by Crippen LogP contribution is -2.40. The van der Waals surface area contributed by atoms with Gasteiger partial charge in [-0.25, -0.2) is 26.3 Å². The Labute approximate surface area is 231 Å². The molecule has 1 saturated heterocycles. The van der Waals surface area contributed by atoms with Crippen molar-refractivity contribution in [3.05, 3.63) is 66.2 Å². The van der Waals surface area contributed by atoms with Crippen molar-refractivity contribution in [1.29, 1.82) is 5.26 Å². The highest BCUT2D eigenvalue weighted by atomic mass is 32.2. The number of carbonyl (C=O) groups excluding carboxylic acids is 1. The highest BCUT2D eigenvalue weighted by Gasteiger charge is 2.46. The van der Waals surface area contributed by atoms with Crippen LogP contribution in [0.25, 0.3) is 16.8 Å². The van der Waals surface area contributed by atoms with Gasteiger partial charge in [0.1, 0.15) is 11.6 Å². The lowest BCUT2D eigenvalue weighted by atomic mass is 9.72. The smallest absolute Gasteiger partial charge is 0.248 e. The van der Waals surface area contributed by atoms with Gasteiger partial charge in [-0.05, 0) is 48.4 Å². The maximum absolute atomic E-state index is 14.5. The number of carbonyl (C=O) groups is 1. The molecule has 0 bridgehead atoms. The first-order chi connectivity index (χ1) is 19.0. The summed E-state index contributed by atoms with van der Waals surface area (Å²) < 4.78 is 67.8. The molecule has 2 aromatic carbocycles. The van der Waals surface area contributed by atoms with Crippen molar-refractivity contribution < 1.29 is 26.4 Å². The Hall–Kier alpha value is -3.65. The monoisotopic (exact) mass is 570 g/mol. The number of rotatable bonds is 7. The first kappa shape index (κ1) is 27.9. The minimum Gasteiger partial charge on any atom is -0.369 e. The maximum atomic E-state index is 14.5. The van der Waals surface area contributed by atoms with E-state index in [0.717, 1.165) is 11.3 Å². The molecule has 0 amide bonds. The molecule has 5 rings (SSSR count). The molecule has 2 atom stereocenters. The molecule has 1 aliphatic heterocycles. The van der Waals surface area contributed by atoms with E-state index in [1.54, 1.807) is 23.0 Å². The summed E-state index contributed by atoms with van der Waals surface area (Å²) in [6, 6.07) is 15.2. The van der Waals surface area contributed by atoms with Gasteiger partial charge in [-0.15, -0.1) is 0 Å². The highest BCUT2D eigenvalue weighted by molar-refractivity contribution is 7.91. The van der Waals surface area contributed by atoms with Crippen LogP contribution in [0, 0.1) is 23.1 Å². The summed E-state index contributed by atoms with van der Waals surface area (Å²) in [4.78, 5) is 15.0. The minimum absolute atomic E-state index is 0.0379. The summed E-state index contributed by atoms with van der Waals surface area (Å²) in [6.45, 7) is 0.802. The number of ketones is 1. The molecular formula is C29H29F3N4O3S. The number of hydrogen-bond donors (Lipinski definition) is 0. The number of anilines is 1. The number of halogens is 3. The fourth-order valence-corrected chi connectivity index (χ4v) is 6.80. The van der Waals surface area contributed by atoms with E-state index in [1.165, 1.54) is 12.1 Å². The van der Waals surface area contributed by atoms with Gasteiger partial charge in [0.05, 0.1) is 29.0 Å². The van der Waals surface area contributed by atoms with Gasteiger partial charge in [0, 0.05) is 68.1 Å². The van der Waals surface area contributed by atoms with E-state index < -0.39 is 39.8 Å². The number of hydrogen-bond acceptors (Lipinski definition) is 6. The van der Waals surface area contributed by atoms with E-state index in [4.69, 9.17) is 10.4 Å². The number of sulfone groups is 1. The number of benzene rings is 2. The predicted molar refractivity (Wildman–Crippen MR) is 145 cm³/mol.